The van der Waals surface area contributed by atoms with Crippen LogP contribution in [0.25, 0.3) is 0 Å². The first-order valence-corrected chi connectivity index (χ1v) is 5.72. The number of carbonyl (C=O) groups excluding carboxylic acids is 1. The van der Waals surface area contributed by atoms with Gasteiger partial charge in [-0.05, 0) is 45.0 Å². The third-order valence-corrected chi connectivity index (χ3v) is 2.14. The summed E-state index contributed by atoms with van der Waals surface area (Å²) in [5.74, 6) is -0.293. The zero-order valence-corrected chi connectivity index (χ0v) is 10.6. The fourth-order valence-electron chi connectivity index (χ4n) is 1.27. The van der Waals surface area contributed by atoms with Crippen LogP contribution in [0.15, 0.2) is 24.3 Å². The molecular weight excluding hydrogens is 216 g/mol. The first kappa shape index (κ1) is 13.5. The van der Waals surface area contributed by atoms with E-state index in [1.54, 1.807) is 19.1 Å². The second kappa shape index (κ2) is 5.68. The van der Waals surface area contributed by atoms with Crippen molar-refractivity contribution in [2.75, 3.05) is 18.5 Å². The van der Waals surface area contributed by atoms with E-state index < -0.39 is 0 Å². The van der Waals surface area contributed by atoms with Gasteiger partial charge in [0.2, 0.25) is 0 Å². The highest BCUT2D eigenvalue weighted by Gasteiger charge is 2.10. The first-order chi connectivity index (χ1) is 7.92. The summed E-state index contributed by atoms with van der Waals surface area (Å²) in [6.45, 7) is 6.75. The summed E-state index contributed by atoms with van der Waals surface area (Å²) >= 11 is 0. The Labute approximate surface area is 102 Å². The molecule has 0 fully saturated rings. The molecule has 3 N–H and O–H groups in total. The summed E-state index contributed by atoms with van der Waals surface area (Å²) in [5, 5.41) is 3.21. The van der Waals surface area contributed by atoms with Crippen LogP contribution in [-0.4, -0.2) is 24.7 Å². The van der Waals surface area contributed by atoms with Gasteiger partial charge in [0.05, 0.1) is 12.2 Å². The average Bonchev–Trinajstić information content (AvgIpc) is 2.26. The van der Waals surface area contributed by atoms with Crippen molar-refractivity contribution >= 4 is 11.7 Å². The largest absolute Gasteiger partial charge is 0.462 e. The van der Waals surface area contributed by atoms with Gasteiger partial charge in [-0.1, -0.05) is 0 Å². The van der Waals surface area contributed by atoms with Gasteiger partial charge in [0.1, 0.15) is 0 Å². The second-order valence-corrected chi connectivity index (χ2v) is 4.64. The van der Waals surface area contributed by atoms with E-state index in [-0.39, 0.29) is 11.5 Å². The number of ether oxygens (including phenoxy) is 1. The van der Waals surface area contributed by atoms with Crippen LogP contribution in [0.4, 0.5) is 5.69 Å². The minimum Gasteiger partial charge on any atom is -0.462 e. The van der Waals surface area contributed by atoms with Gasteiger partial charge >= 0.3 is 5.97 Å². The maximum absolute atomic E-state index is 11.4. The standard InChI is InChI=1S/C13H20N2O2/c1-4-17-12(16)10-5-7-11(8-6-10)15-9-13(2,3)14/h5-8,15H,4,9,14H2,1-3H3. The number of nitrogens with two attached hydrogens (primary N) is 1. The van der Waals surface area contributed by atoms with Crippen LogP contribution in [0.5, 0.6) is 0 Å². The molecule has 0 radical (unpaired) electrons. The number of carbonyl (C=O) groups is 1. The number of hydrogen-bond donors (Lipinski definition) is 2. The molecule has 0 aliphatic heterocycles. The molecule has 94 valence electrons. The molecule has 1 aromatic rings. The summed E-state index contributed by atoms with van der Waals surface area (Å²) in [7, 11) is 0. The summed E-state index contributed by atoms with van der Waals surface area (Å²) in [4.78, 5) is 11.4. The van der Waals surface area contributed by atoms with Crippen molar-refractivity contribution in [3.8, 4) is 0 Å². The van der Waals surface area contributed by atoms with E-state index in [0.29, 0.717) is 18.7 Å². The van der Waals surface area contributed by atoms with Crippen LogP contribution in [0, 0.1) is 0 Å². The van der Waals surface area contributed by atoms with Crippen LogP contribution in [0.2, 0.25) is 0 Å². The maximum Gasteiger partial charge on any atom is 0.338 e. The molecular formula is C13H20N2O2. The van der Waals surface area contributed by atoms with Gasteiger partial charge in [0.15, 0.2) is 0 Å². The van der Waals surface area contributed by atoms with E-state index in [1.807, 2.05) is 26.0 Å². The van der Waals surface area contributed by atoms with Crippen LogP contribution in [0.1, 0.15) is 31.1 Å². The molecule has 4 nitrogen and oxygen atoms in total. The molecule has 0 unspecified atom stereocenters. The molecule has 0 heterocycles. The maximum atomic E-state index is 11.4. The molecule has 17 heavy (non-hydrogen) atoms. The third kappa shape index (κ3) is 4.87. The SMILES string of the molecule is CCOC(=O)c1ccc(NCC(C)(C)N)cc1. The van der Waals surface area contributed by atoms with E-state index in [4.69, 9.17) is 10.5 Å². The lowest BCUT2D eigenvalue weighted by Gasteiger charge is -2.19. The van der Waals surface area contributed by atoms with Gasteiger partial charge < -0.3 is 15.8 Å². The van der Waals surface area contributed by atoms with Crippen molar-refractivity contribution in [1.29, 1.82) is 0 Å². The highest BCUT2D eigenvalue weighted by atomic mass is 16.5. The zero-order valence-electron chi connectivity index (χ0n) is 10.6. The Morgan fingerprint density at radius 1 is 1.35 bits per heavy atom. The van der Waals surface area contributed by atoms with Crippen molar-refractivity contribution in [2.24, 2.45) is 5.73 Å². The number of anilines is 1. The van der Waals surface area contributed by atoms with Crippen LogP contribution >= 0.6 is 0 Å². The van der Waals surface area contributed by atoms with Crippen molar-refractivity contribution in [3.05, 3.63) is 29.8 Å². The molecule has 4 heteroatoms. The molecule has 0 saturated carbocycles. The molecule has 0 amide bonds. The highest BCUT2D eigenvalue weighted by Crippen LogP contribution is 2.11. The Bertz CT molecular complexity index is 366. The lowest BCUT2D eigenvalue weighted by Crippen LogP contribution is -2.39. The molecule has 0 aliphatic carbocycles. The summed E-state index contributed by atoms with van der Waals surface area (Å²) < 4.78 is 4.90. The predicted molar refractivity (Wildman–Crippen MR) is 69.2 cm³/mol. The molecule has 0 atom stereocenters. The Hall–Kier alpha value is -1.55. The van der Waals surface area contributed by atoms with Crippen LogP contribution < -0.4 is 11.1 Å². The normalized spacial score (nSPS) is 11.1. The van der Waals surface area contributed by atoms with E-state index >= 15 is 0 Å². The molecule has 0 aliphatic rings. The van der Waals surface area contributed by atoms with E-state index in [9.17, 15) is 4.79 Å². The zero-order chi connectivity index (χ0) is 12.9. The Kier molecular flexibility index (Phi) is 4.52. The number of hydrogen-bond acceptors (Lipinski definition) is 4. The van der Waals surface area contributed by atoms with Gasteiger partial charge in [-0.25, -0.2) is 4.79 Å². The van der Waals surface area contributed by atoms with Crippen molar-refractivity contribution in [3.63, 3.8) is 0 Å². The van der Waals surface area contributed by atoms with Gasteiger partial charge in [-0.15, -0.1) is 0 Å². The number of rotatable bonds is 5. The van der Waals surface area contributed by atoms with Crippen molar-refractivity contribution in [2.45, 2.75) is 26.3 Å². The number of nitrogens with one attached hydrogen (secondary N) is 1. The van der Waals surface area contributed by atoms with Crippen molar-refractivity contribution < 1.29 is 9.53 Å². The van der Waals surface area contributed by atoms with Gasteiger partial charge in [-0.3, -0.25) is 0 Å². The minimum absolute atomic E-state index is 0.264. The van der Waals surface area contributed by atoms with Gasteiger partial charge in [-0.2, -0.15) is 0 Å². The first-order valence-electron chi connectivity index (χ1n) is 5.72. The second-order valence-electron chi connectivity index (χ2n) is 4.64. The Morgan fingerprint density at radius 2 is 1.94 bits per heavy atom. The summed E-state index contributed by atoms with van der Waals surface area (Å²) in [6, 6.07) is 7.17. The minimum atomic E-state index is -0.293. The Morgan fingerprint density at radius 3 is 2.41 bits per heavy atom. The fourth-order valence-corrected chi connectivity index (χ4v) is 1.27. The van der Waals surface area contributed by atoms with Crippen molar-refractivity contribution in [1.82, 2.24) is 0 Å². The van der Waals surface area contributed by atoms with Gasteiger partial charge in [0, 0.05) is 17.8 Å². The highest BCUT2D eigenvalue weighted by molar-refractivity contribution is 5.89. The Balaban J connectivity index is 2.59. The topological polar surface area (TPSA) is 64.3 Å². The van der Waals surface area contributed by atoms with E-state index in [2.05, 4.69) is 5.32 Å². The van der Waals surface area contributed by atoms with Gasteiger partial charge in [0.25, 0.3) is 0 Å². The quantitative estimate of drug-likeness (QED) is 0.768. The average molecular weight is 236 g/mol. The summed E-state index contributed by atoms with van der Waals surface area (Å²) in [6.07, 6.45) is 0. The monoisotopic (exact) mass is 236 g/mol. The molecule has 1 aromatic carbocycles. The fraction of sp³-hybridized carbons (Fsp3) is 0.462. The predicted octanol–water partition coefficient (Wildman–Crippen LogP) is 2.01. The number of esters is 1. The molecule has 0 bridgehead atoms. The summed E-state index contributed by atoms with van der Waals surface area (Å²) in [5.41, 5.74) is 7.10. The molecule has 0 aromatic heterocycles. The third-order valence-electron chi connectivity index (χ3n) is 2.14. The van der Waals surface area contributed by atoms with Crippen LogP contribution in [0.3, 0.4) is 0 Å². The van der Waals surface area contributed by atoms with E-state index in [0.717, 1.165) is 5.69 Å². The lowest BCUT2D eigenvalue weighted by atomic mass is 10.1. The lowest BCUT2D eigenvalue weighted by molar-refractivity contribution is 0.0526. The molecule has 0 saturated heterocycles. The molecule has 0 spiro atoms. The van der Waals surface area contributed by atoms with E-state index in [1.165, 1.54) is 0 Å². The number of benzene rings is 1. The molecule has 1 rings (SSSR count). The smallest absolute Gasteiger partial charge is 0.338 e. The van der Waals surface area contributed by atoms with Crippen LogP contribution in [-0.2, 0) is 4.74 Å².